The highest BCUT2D eigenvalue weighted by Crippen LogP contribution is 2.30. The van der Waals surface area contributed by atoms with E-state index in [1.54, 1.807) is 12.1 Å². The molecule has 0 spiro atoms. The van der Waals surface area contributed by atoms with Gasteiger partial charge in [0.1, 0.15) is 0 Å². The predicted octanol–water partition coefficient (Wildman–Crippen LogP) is 3.82. The number of hydrogen-bond donors (Lipinski definition) is 2. The van der Waals surface area contributed by atoms with Gasteiger partial charge in [0.05, 0.1) is 18.3 Å². The van der Waals surface area contributed by atoms with E-state index in [-0.39, 0.29) is 11.9 Å². The highest BCUT2D eigenvalue weighted by Gasteiger charge is 2.22. The van der Waals surface area contributed by atoms with Crippen LogP contribution in [0.25, 0.3) is 0 Å². The molecule has 164 valence electrons. The molecule has 0 saturated heterocycles. The Kier molecular flexibility index (Phi) is 7.34. The molecule has 1 aromatic carbocycles. The van der Waals surface area contributed by atoms with Gasteiger partial charge in [0.25, 0.3) is 0 Å². The number of nitrogens with zero attached hydrogens (tertiary/aromatic N) is 3. The first-order valence-electron chi connectivity index (χ1n) is 10.8. The maximum Gasteiger partial charge on any atom is 0.191 e. The van der Waals surface area contributed by atoms with Crippen LogP contribution in [0.2, 0.25) is 0 Å². The topological polar surface area (TPSA) is 63.5 Å². The molecule has 1 aliphatic rings. The van der Waals surface area contributed by atoms with Gasteiger partial charge in [0, 0.05) is 25.8 Å². The number of aliphatic imine (C=N–C) groups is 1. The van der Waals surface area contributed by atoms with Crippen molar-refractivity contribution in [2.24, 2.45) is 18.0 Å². The lowest BCUT2D eigenvalue weighted by molar-refractivity contribution is 0.285. The number of ether oxygens (including phenoxy) is 1. The standard InChI is InChI=1S/C23H34FN5O/c1-6-25-23(26-12-11-20-16(3)28-29(5)17(20)4)27-15(2)19-9-10-22(21(24)13-19)30-14-18-7-8-18/h9-10,13,15,18H,6-8,11-12,14H2,1-5H3,(H2,25,26,27). The van der Waals surface area contributed by atoms with E-state index in [2.05, 4.69) is 22.7 Å². The van der Waals surface area contributed by atoms with Crippen LogP contribution in [0.3, 0.4) is 0 Å². The third-order valence-electron chi connectivity index (χ3n) is 5.62. The number of aromatic nitrogens is 2. The Morgan fingerprint density at radius 3 is 2.73 bits per heavy atom. The van der Waals surface area contributed by atoms with Crippen molar-refractivity contribution in [2.45, 2.75) is 53.0 Å². The molecule has 0 radical (unpaired) electrons. The number of aryl methyl sites for hydroxylation is 2. The number of halogens is 1. The van der Waals surface area contributed by atoms with E-state index in [4.69, 9.17) is 9.73 Å². The number of rotatable bonds is 9. The predicted molar refractivity (Wildman–Crippen MR) is 119 cm³/mol. The van der Waals surface area contributed by atoms with Gasteiger partial charge in [-0.25, -0.2) is 4.39 Å². The summed E-state index contributed by atoms with van der Waals surface area (Å²) in [6.07, 6.45) is 3.21. The van der Waals surface area contributed by atoms with Crippen molar-refractivity contribution in [2.75, 3.05) is 19.7 Å². The lowest BCUT2D eigenvalue weighted by atomic mass is 10.1. The summed E-state index contributed by atoms with van der Waals surface area (Å²) in [6, 6.07) is 5.10. The molecule has 7 heteroatoms. The molecule has 1 heterocycles. The average Bonchev–Trinajstić information content (AvgIpc) is 3.50. The van der Waals surface area contributed by atoms with Crippen LogP contribution in [0.15, 0.2) is 23.2 Å². The van der Waals surface area contributed by atoms with Gasteiger partial charge in [-0.05, 0) is 76.1 Å². The molecule has 0 amide bonds. The minimum absolute atomic E-state index is 0.0864. The molecule has 6 nitrogen and oxygen atoms in total. The summed E-state index contributed by atoms with van der Waals surface area (Å²) < 4.78 is 21.9. The highest BCUT2D eigenvalue weighted by molar-refractivity contribution is 5.80. The van der Waals surface area contributed by atoms with Gasteiger partial charge < -0.3 is 15.4 Å². The number of benzene rings is 1. The average molecular weight is 416 g/mol. The van der Waals surface area contributed by atoms with Gasteiger partial charge >= 0.3 is 0 Å². The van der Waals surface area contributed by atoms with Gasteiger partial charge in [-0.3, -0.25) is 9.67 Å². The summed E-state index contributed by atoms with van der Waals surface area (Å²) in [7, 11) is 1.96. The van der Waals surface area contributed by atoms with Crippen molar-refractivity contribution in [3.8, 4) is 5.75 Å². The summed E-state index contributed by atoms with van der Waals surface area (Å²) in [6.45, 7) is 10.2. The van der Waals surface area contributed by atoms with E-state index < -0.39 is 0 Å². The van der Waals surface area contributed by atoms with Gasteiger partial charge in [0.2, 0.25) is 0 Å². The Labute approximate surface area is 178 Å². The van der Waals surface area contributed by atoms with Crippen LogP contribution in [0.4, 0.5) is 4.39 Å². The minimum Gasteiger partial charge on any atom is -0.490 e. The fourth-order valence-corrected chi connectivity index (χ4v) is 3.46. The molecule has 3 rings (SSSR count). The van der Waals surface area contributed by atoms with Gasteiger partial charge in [-0.2, -0.15) is 5.10 Å². The van der Waals surface area contributed by atoms with Crippen LogP contribution in [-0.4, -0.2) is 35.4 Å². The van der Waals surface area contributed by atoms with Crippen LogP contribution in [0.5, 0.6) is 5.75 Å². The Bertz CT molecular complexity index is 888. The first kappa shape index (κ1) is 22.1. The monoisotopic (exact) mass is 415 g/mol. The normalized spacial score (nSPS) is 15.2. The molecule has 1 aliphatic carbocycles. The molecule has 1 aromatic heterocycles. The molecule has 1 saturated carbocycles. The maximum absolute atomic E-state index is 14.4. The fraction of sp³-hybridized carbons (Fsp3) is 0.565. The summed E-state index contributed by atoms with van der Waals surface area (Å²) in [4.78, 5) is 4.70. The van der Waals surface area contributed by atoms with Crippen molar-refractivity contribution in [3.63, 3.8) is 0 Å². The van der Waals surface area contributed by atoms with E-state index in [0.717, 1.165) is 30.2 Å². The van der Waals surface area contributed by atoms with Gasteiger partial charge in [0.15, 0.2) is 17.5 Å². The third-order valence-corrected chi connectivity index (χ3v) is 5.62. The lowest BCUT2D eigenvalue weighted by Gasteiger charge is -2.19. The van der Waals surface area contributed by atoms with Crippen LogP contribution in [-0.2, 0) is 13.5 Å². The zero-order chi connectivity index (χ0) is 21.7. The van der Waals surface area contributed by atoms with Crippen molar-refractivity contribution in [1.29, 1.82) is 0 Å². The Hall–Kier alpha value is -2.57. The van der Waals surface area contributed by atoms with Crippen LogP contribution >= 0.6 is 0 Å². The fourth-order valence-electron chi connectivity index (χ4n) is 3.46. The van der Waals surface area contributed by atoms with Crippen LogP contribution in [0.1, 0.15) is 55.2 Å². The van der Waals surface area contributed by atoms with E-state index in [1.165, 1.54) is 24.1 Å². The van der Waals surface area contributed by atoms with Crippen LogP contribution in [0, 0.1) is 25.6 Å². The largest absolute Gasteiger partial charge is 0.490 e. The molecular weight excluding hydrogens is 381 g/mol. The molecule has 1 unspecified atom stereocenters. The summed E-state index contributed by atoms with van der Waals surface area (Å²) in [5, 5.41) is 11.1. The van der Waals surface area contributed by atoms with E-state index in [0.29, 0.717) is 24.8 Å². The van der Waals surface area contributed by atoms with E-state index >= 15 is 0 Å². The third kappa shape index (κ3) is 5.74. The van der Waals surface area contributed by atoms with Gasteiger partial charge in [-0.15, -0.1) is 0 Å². The number of guanidine groups is 1. The first-order chi connectivity index (χ1) is 14.4. The van der Waals surface area contributed by atoms with E-state index in [9.17, 15) is 4.39 Å². The molecular formula is C23H34FN5O. The minimum atomic E-state index is -0.314. The van der Waals surface area contributed by atoms with Crippen molar-refractivity contribution < 1.29 is 9.13 Å². The van der Waals surface area contributed by atoms with Crippen molar-refractivity contribution >= 4 is 5.96 Å². The molecule has 2 aromatic rings. The van der Waals surface area contributed by atoms with Gasteiger partial charge in [-0.1, -0.05) is 6.07 Å². The maximum atomic E-state index is 14.4. The summed E-state index contributed by atoms with van der Waals surface area (Å²) in [5.74, 6) is 1.34. The molecule has 2 N–H and O–H groups in total. The Morgan fingerprint density at radius 1 is 1.37 bits per heavy atom. The molecule has 1 atom stereocenters. The molecule has 30 heavy (non-hydrogen) atoms. The lowest BCUT2D eigenvalue weighted by Crippen LogP contribution is -2.39. The van der Waals surface area contributed by atoms with Crippen LogP contribution < -0.4 is 15.4 Å². The molecule has 1 fully saturated rings. The molecule has 0 aliphatic heterocycles. The smallest absolute Gasteiger partial charge is 0.191 e. The summed E-state index contributed by atoms with van der Waals surface area (Å²) >= 11 is 0. The quantitative estimate of drug-likeness (QED) is 0.483. The second-order valence-corrected chi connectivity index (χ2v) is 8.09. The van der Waals surface area contributed by atoms with Crippen molar-refractivity contribution in [3.05, 3.63) is 46.5 Å². The number of nitrogens with one attached hydrogen (secondary N) is 2. The SMILES string of the molecule is CCNC(=NCCc1c(C)nn(C)c1C)NC(C)c1ccc(OCC2CC2)c(F)c1. The number of hydrogen-bond acceptors (Lipinski definition) is 3. The summed E-state index contributed by atoms with van der Waals surface area (Å²) in [5.41, 5.74) is 4.33. The zero-order valence-electron chi connectivity index (χ0n) is 18.8. The highest BCUT2D eigenvalue weighted by atomic mass is 19.1. The van der Waals surface area contributed by atoms with E-state index in [1.807, 2.05) is 38.6 Å². The van der Waals surface area contributed by atoms with Crippen molar-refractivity contribution in [1.82, 2.24) is 20.4 Å². The second-order valence-electron chi connectivity index (χ2n) is 8.09. The molecule has 0 bridgehead atoms. The zero-order valence-corrected chi connectivity index (χ0v) is 18.8. The first-order valence-corrected chi connectivity index (χ1v) is 10.8. The Morgan fingerprint density at radius 2 is 2.13 bits per heavy atom. The Balaban J connectivity index is 1.60. The second kappa shape index (κ2) is 9.96.